The predicted octanol–water partition coefficient (Wildman–Crippen LogP) is -12.1. The van der Waals surface area contributed by atoms with Crippen molar-refractivity contribution in [1.29, 1.82) is 0 Å². The molecule has 0 saturated heterocycles. The summed E-state index contributed by atoms with van der Waals surface area (Å²) >= 11 is 0. The molecule has 0 aliphatic rings. The van der Waals surface area contributed by atoms with E-state index in [4.69, 9.17) is 0 Å². The Hall–Kier alpha value is 2.47. The molecule has 0 rings (SSSR count). The van der Waals surface area contributed by atoms with E-state index in [0.29, 0.717) is 0 Å². The summed E-state index contributed by atoms with van der Waals surface area (Å²) in [6, 6.07) is 0. The Balaban J connectivity index is 0. The summed E-state index contributed by atoms with van der Waals surface area (Å²) in [4.78, 5) is 0. The van der Waals surface area contributed by atoms with Crippen LogP contribution in [0.2, 0.25) is 0 Å². The third-order valence-corrected chi connectivity index (χ3v) is 0. The standard InChI is InChI=1S/6B.2Ca.11H2O/h;;;;;;;;11*1H2. The van der Waals surface area contributed by atoms with Crippen LogP contribution in [-0.2, 0) is 0 Å². The van der Waals surface area contributed by atoms with Gasteiger partial charge in [-0.25, -0.2) is 0 Å². The van der Waals surface area contributed by atoms with E-state index < -0.39 is 0 Å². The van der Waals surface area contributed by atoms with Crippen molar-refractivity contribution in [2.24, 2.45) is 0 Å². The summed E-state index contributed by atoms with van der Waals surface area (Å²) in [5.74, 6) is 0. The van der Waals surface area contributed by atoms with Gasteiger partial charge in [0.15, 0.2) is 0 Å². The fraction of sp³-hybridized carbons (Fsp3) is 0. The van der Waals surface area contributed by atoms with Crippen molar-refractivity contribution in [3.8, 4) is 0 Å². The third kappa shape index (κ3) is 1150. The molecule has 22 N–H and O–H groups in total. The minimum absolute atomic E-state index is 0. The summed E-state index contributed by atoms with van der Waals surface area (Å²) in [6.07, 6.45) is 0. The summed E-state index contributed by atoms with van der Waals surface area (Å²) in [5.41, 5.74) is 0. The first-order valence-electron chi connectivity index (χ1n) is 0. The normalized spacial score (nSPS) is 0. The summed E-state index contributed by atoms with van der Waals surface area (Å²) < 4.78 is 0. The Labute approximate surface area is 184 Å². The van der Waals surface area contributed by atoms with Crippen LogP contribution < -0.4 is 0 Å². The maximum Gasteiger partial charge on any atom is 0 e. The third-order valence-electron chi connectivity index (χ3n) is 0. The molecule has 0 aromatic carbocycles. The van der Waals surface area contributed by atoms with E-state index in [9.17, 15) is 0 Å². The first-order valence-corrected chi connectivity index (χ1v) is 0. The maximum absolute atomic E-state index is 0. The topological polar surface area (TPSA) is 346 Å². The van der Waals surface area contributed by atoms with Crippen LogP contribution in [0, 0.1) is 0 Å². The molecule has 110 valence electrons. The number of rotatable bonds is 0. The van der Waals surface area contributed by atoms with Crippen molar-refractivity contribution < 1.29 is 60.2 Å². The Morgan fingerprint density at radius 3 is 0.158 bits per heavy atom. The number of hydrogen-bond acceptors (Lipinski definition) is 0. The van der Waals surface area contributed by atoms with Crippen molar-refractivity contribution >= 4 is 126 Å². The van der Waals surface area contributed by atoms with Gasteiger partial charge in [-0.15, -0.1) is 0 Å². The zero-order valence-electron chi connectivity index (χ0n) is 10.4. The van der Waals surface area contributed by atoms with Gasteiger partial charge in [0.25, 0.3) is 0 Å². The molecule has 0 amide bonds. The first kappa shape index (κ1) is 1480. The maximum atomic E-state index is 0. The van der Waals surface area contributed by atoms with Gasteiger partial charge in [-0.1, -0.05) is 0 Å². The minimum Gasteiger partial charge on any atom is -0.412 e. The number of hydrogen-bond donors (Lipinski definition) is 0. The van der Waals surface area contributed by atoms with Gasteiger partial charge in [-0.05, 0) is 0 Å². The van der Waals surface area contributed by atoms with Gasteiger partial charge in [0.05, 0.1) is 0 Å². The molecule has 0 atom stereocenters. The van der Waals surface area contributed by atoms with E-state index in [0.717, 1.165) is 0 Å². The molecule has 11 nitrogen and oxygen atoms in total. The molecule has 0 aliphatic carbocycles. The van der Waals surface area contributed by atoms with Crippen LogP contribution in [-0.4, -0.2) is 186 Å². The van der Waals surface area contributed by atoms with Gasteiger partial charge in [0.1, 0.15) is 0 Å². The molecule has 0 aliphatic heterocycles. The van der Waals surface area contributed by atoms with E-state index in [1.54, 1.807) is 0 Å². The molecule has 0 aromatic rings. The van der Waals surface area contributed by atoms with Gasteiger partial charge >= 0.3 is 0 Å². The zero-order valence-corrected chi connectivity index (χ0v) is 14.8. The van der Waals surface area contributed by atoms with Gasteiger partial charge in [-0.3, -0.25) is 0 Å². The Kier molecular flexibility index (Phi) is 98800. The molecule has 19 heteroatoms. The van der Waals surface area contributed by atoms with Crippen LogP contribution in [0.15, 0.2) is 0 Å². The van der Waals surface area contributed by atoms with Crippen LogP contribution in [0.4, 0.5) is 0 Å². The Morgan fingerprint density at radius 2 is 0.158 bits per heavy atom. The van der Waals surface area contributed by atoms with E-state index in [1.165, 1.54) is 0 Å². The molecular weight excluding hydrogens is 321 g/mol. The second-order valence-corrected chi connectivity index (χ2v) is 0. The van der Waals surface area contributed by atoms with Crippen LogP contribution in [0.25, 0.3) is 0 Å². The van der Waals surface area contributed by atoms with Crippen molar-refractivity contribution in [2.45, 2.75) is 0 Å². The Morgan fingerprint density at radius 1 is 0.158 bits per heavy atom. The molecule has 0 heterocycles. The largest absolute Gasteiger partial charge is 0.412 e. The molecule has 0 aromatic heterocycles. The fourth-order valence-corrected chi connectivity index (χ4v) is 0. The van der Waals surface area contributed by atoms with E-state index >= 15 is 0 Å². The summed E-state index contributed by atoms with van der Waals surface area (Å²) in [5, 5.41) is 0. The van der Waals surface area contributed by atoms with Crippen molar-refractivity contribution in [3.63, 3.8) is 0 Å². The van der Waals surface area contributed by atoms with Gasteiger partial charge in [-0.2, -0.15) is 0 Å². The second-order valence-electron chi connectivity index (χ2n) is 0. The molecular formula is H22B6Ca2O11. The monoisotopic (exact) mass is 344 g/mol. The summed E-state index contributed by atoms with van der Waals surface area (Å²) in [7, 11) is 0. The molecule has 0 saturated carbocycles. The predicted molar refractivity (Wildman–Crippen MR) is 85.8 cm³/mol. The van der Waals surface area contributed by atoms with E-state index in [2.05, 4.69) is 0 Å². The van der Waals surface area contributed by atoms with Crippen molar-refractivity contribution in [1.82, 2.24) is 0 Å². The second kappa shape index (κ2) is 1270. The molecule has 19 heavy (non-hydrogen) atoms. The molecule has 22 radical (unpaired) electrons. The first-order chi connectivity index (χ1) is 0. The molecule has 0 spiro atoms. The quantitative estimate of drug-likeness (QED) is 0.369. The van der Waals surface area contributed by atoms with Crippen LogP contribution in [0.5, 0.6) is 0 Å². The average molecular weight is 343 g/mol. The van der Waals surface area contributed by atoms with Crippen LogP contribution >= 0.6 is 0 Å². The molecule has 0 unspecified atom stereocenters. The Bertz CT molecular complexity index is 25.1. The van der Waals surface area contributed by atoms with Crippen LogP contribution in [0.3, 0.4) is 0 Å². The minimum atomic E-state index is 0. The smallest absolute Gasteiger partial charge is 0 e. The summed E-state index contributed by atoms with van der Waals surface area (Å²) in [6.45, 7) is 0. The van der Waals surface area contributed by atoms with Gasteiger partial charge in [0, 0.05) is 126 Å². The van der Waals surface area contributed by atoms with Crippen molar-refractivity contribution in [2.75, 3.05) is 0 Å². The van der Waals surface area contributed by atoms with Crippen LogP contribution in [0.1, 0.15) is 0 Å². The van der Waals surface area contributed by atoms with E-state index in [1.807, 2.05) is 0 Å². The SMILES string of the molecule is O.O.O.O.O.O.O.O.O.O.O.[B].[B].[B].[B].[B].[B].[Ca].[Ca]. The van der Waals surface area contributed by atoms with Gasteiger partial charge < -0.3 is 60.2 Å². The van der Waals surface area contributed by atoms with E-state index in [-0.39, 0.29) is 186 Å². The van der Waals surface area contributed by atoms with Gasteiger partial charge in [0.2, 0.25) is 0 Å². The zero-order chi connectivity index (χ0) is 0. The average Bonchev–Trinajstić information content (AvgIpc) is 0. The van der Waals surface area contributed by atoms with Crippen molar-refractivity contribution in [3.05, 3.63) is 0 Å². The molecule has 0 bridgehead atoms. The fourth-order valence-electron chi connectivity index (χ4n) is 0. The molecule has 0 fully saturated rings.